The van der Waals surface area contributed by atoms with Crippen LogP contribution in [0.1, 0.15) is 34.6 Å². The van der Waals surface area contributed by atoms with E-state index >= 15 is 0 Å². The van der Waals surface area contributed by atoms with E-state index in [0.717, 1.165) is 16.7 Å². The number of esters is 2. The van der Waals surface area contributed by atoms with Gasteiger partial charge in [-0.3, -0.25) is 24.7 Å². The molecule has 0 unspecified atom stereocenters. The fourth-order valence-corrected chi connectivity index (χ4v) is 9.16. The average Bonchev–Trinajstić information content (AvgIpc) is 3.87. The van der Waals surface area contributed by atoms with Crippen molar-refractivity contribution in [3.63, 3.8) is 0 Å². The summed E-state index contributed by atoms with van der Waals surface area (Å²) in [6.45, 7) is 0. The largest absolute Gasteiger partial charge is 0.468 e. The van der Waals surface area contributed by atoms with Crippen molar-refractivity contribution in [1.29, 1.82) is 0 Å². The molecule has 11 heteroatoms. The first-order valence-corrected chi connectivity index (χ1v) is 19.4. The molecule has 5 heterocycles. The van der Waals surface area contributed by atoms with Gasteiger partial charge in [-0.15, -0.1) is 0 Å². The summed E-state index contributed by atoms with van der Waals surface area (Å²) in [6.07, 6.45) is 3.69. The molecule has 292 valence electrons. The van der Waals surface area contributed by atoms with Crippen LogP contribution in [0.25, 0.3) is 78.7 Å². The maximum Gasteiger partial charge on any atom is 0.324 e. The summed E-state index contributed by atoms with van der Waals surface area (Å²) in [7, 11) is 2.55. The predicted octanol–water partition coefficient (Wildman–Crippen LogP) is 10.3. The van der Waals surface area contributed by atoms with Crippen LogP contribution in [-0.4, -0.2) is 51.0 Å². The Labute approximate surface area is 343 Å². The van der Waals surface area contributed by atoms with Gasteiger partial charge in [0, 0.05) is 51.2 Å². The molecule has 0 saturated heterocycles. The number of carbonyl (C=O) groups excluding carboxylic acids is 2. The molecular weight excluding hydrogens is 755 g/mol. The lowest BCUT2D eigenvalue weighted by molar-refractivity contribution is -0.382. The van der Waals surface area contributed by atoms with Crippen LogP contribution in [0.5, 0.6) is 0 Å². The van der Waals surface area contributed by atoms with E-state index in [9.17, 15) is 19.7 Å². The molecule has 3 aromatic heterocycles. The number of nitro groups is 1. The van der Waals surface area contributed by atoms with Gasteiger partial charge in [-0.25, -0.2) is 4.98 Å². The van der Waals surface area contributed by atoms with E-state index in [1.54, 1.807) is 6.07 Å². The lowest BCUT2D eigenvalue weighted by Gasteiger charge is -2.17. The number of methoxy groups -OCH3 is 2. The fraction of sp³-hybridized carbons (Fsp3) is 0.102. The van der Waals surface area contributed by atoms with Crippen molar-refractivity contribution in [3.05, 3.63) is 172 Å². The van der Waals surface area contributed by atoms with E-state index in [1.807, 2.05) is 146 Å². The Bertz CT molecular complexity index is 3070. The Hall–Kier alpha value is -7.92. The molecule has 1 aliphatic carbocycles. The maximum absolute atomic E-state index is 14.2. The van der Waals surface area contributed by atoms with Gasteiger partial charge >= 0.3 is 11.9 Å². The second-order valence-electron chi connectivity index (χ2n) is 14.9. The molecule has 3 aliphatic rings. The summed E-state index contributed by atoms with van der Waals surface area (Å²) >= 11 is 0. The van der Waals surface area contributed by atoms with Crippen molar-refractivity contribution in [2.45, 2.75) is 11.8 Å². The molecule has 0 spiro atoms. The van der Waals surface area contributed by atoms with E-state index in [0.29, 0.717) is 67.1 Å². The van der Waals surface area contributed by atoms with Gasteiger partial charge in [-0.1, -0.05) is 121 Å². The Morgan fingerprint density at radius 2 is 1.00 bits per heavy atom. The highest BCUT2D eigenvalue weighted by Crippen LogP contribution is 2.75. The normalized spacial score (nSPS) is 15.8. The van der Waals surface area contributed by atoms with Crippen LogP contribution in [0.2, 0.25) is 0 Å². The summed E-state index contributed by atoms with van der Waals surface area (Å²) < 4.78 is 10.9. The van der Waals surface area contributed by atoms with Crippen LogP contribution in [-0.2, 0) is 19.1 Å². The minimum Gasteiger partial charge on any atom is -0.468 e. The number of nitrogens with zero attached hydrogens (tertiary/aromatic N) is 3. The summed E-state index contributed by atoms with van der Waals surface area (Å²) in [4.78, 5) is 58.9. The van der Waals surface area contributed by atoms with Crippen LogP contribution in [0.15, 0.2) is 140 Å². The van der Waals surface area contributed by atoms with Crippen LogP contribution in [0.3, 0.4) is 0 Å². The van der Waals surface area contributed by atoms with Crippen molar-refractivity contribution in [1.82, 2.24) is 19.9 Å². The zero-order valence-electron chi connectivity index (χ0n) is 32.4. The first kappa shape index (κ1) is 36.4. The fourth-order valence-electron chi connectivity index (χ4n) is 9.16. The van der Waals surface area contributed by atoms with Crippen molar-refractivity contribution in [3.8, 4) is 44.5 Å². The molecular formula is C49H35N5O6. The molecule has 7 aromatic rings. The average molecular weight is 790 g/mol. The molecule has 11 nitrogen and oxygen atoms in total. The summed E-state index contributed by atoms with van der Waals surface area (Å²) in [6, 6.07) is 43.8. The Balaban J connectivity index is 1.47. The maximum atomic E-state index is 14.2. The van der Waals surface area contributed by atoms with E-state index < -0.39 is 29.2 Å². The van der Waals surface area contributed by atoms with Gasteiger partial charge in [0.1, 0.15) is 5.52 Å². The monoisotopic (exact) mass is 789 g/mol. The van der Waals surface area contributed by atoms with Crippen molar-refractivity contribution >= 4 is 51.8 Å². The molecule has 2 N–H and O–H groups in total. The quantitative estimate of drug-likeness (QED) is 0.0700. The zero-order valence-corrected chi connectivity index (χ0v) is 32.4. The molecule has 8 bridgehead atoms. The standard InChI is InChI=1S/C49H35N5O6/c1-59-47(55)49(48(56)60-2)42-43(49)46-41(31-21-13-6-14-22-31)35-26-25-33(51-35)39(29-17-9-4-10-18-29)44-37(54(57)58)27-36(52-44)38(28-15-7-3-8-16-28)32-23-24-34(50-32)40(45(42)53-46)30-19-11-5-12-20-30/h3-27,42-43,50,52H,1-2H3/t42-,43+/m0/s1. The van der Waals surface area contributed by atoms with Crippen LogP contribution in [0, 0.1) is 15.5 Å². The molecule has 60 heavy (non-hydrogen) atoms. The van der Waals surface area contributed by atoms with Crippen molar-refractivity contribution in [2.75, 3.05) is 14.2 Å². The lowest BCUT2D eigenvalue weighted by Crippen LogP contribution is -2.32. The van der Waals surface area contributed by atoms with Crippen molar-refractivity contribution < 1.29 is 24.0 Å². The number of carbonyl (C=O) groups is 2. The zero-order chi connectivity index (χ0) is 41.1. The molecule has 1 saturated carbocycles. The minimum absolute atomic E-state index is 0.123. The number of rotatable bonds is 7. The third kappa shape index (κ3) is 5.50. The van der Waals surface area contributed by atoms with E-state index in [4.69, 9.17) is 19.4 Å². The number of aromatic amines is 2. The predicted molar refractivity (Wildman–Crippen MR) is 230 cm³/mol. The van der Waals surface area contributed by atoms with Gasteiger partial charge in [0.15, 0.2) is 5.41 Å². The number of aromatic nitrogens is 4. The minimum atomic E-state index is -1.74. The third-order valence-corrected chi connectivity index (χ3v) is 11.7. The molecule has 0 radical (unpaired) electrons. The highest BCUT2D eigenvalue weighted by Gasteiger charge is 2.81. The Morgan fingerprint density at radius 3 is 1.50 bits per heavy atom. The number of H-pyrrole nitrogens is 2. The lowest BCUT2D eigenvalue weighted by atomic mass is 9.93. The summed E-state index contributed by atoms with van der Waals surface area (Å²) in [5.41, 5.74) is 7.70. The highest BCUT2D eigenvalue weighted by molar-refractivity contribution is 6.09. The molecule has 4 aromatic carbocycles. The second kappa shape index (κ2) is 14.2. The summed E-state index contributed by atoms with van der Waals surface area (Å²) in [5, 5.41) is 13.1. The van der Waals surface area contributed by atoms with Crippen molar-refractivity contribution in [2.24, 2.45) is 5.41 Å². The topological polar surface area (TPSA) is 153 Å². The van der Waals surface area contributed by atoms with Gasteiger partial charge in [-0.2, -0.15) is 0 Å². The van der Waals surface area contributed by atoms with E-state index in [2.05, 4.69) is 9.97 Å². The number of nitrogens with one attached hydrogen (secondary N) is 2. The third-order valence-electron chi connectivity index (χ3n) is 11.7. The van der Waals surface area contributed by atoms with Gasteiger partial charge in [0.25, 0.3) is 5.69 Å². The first-order valence-electron chi connectivity index (χ1n) is 19.4. The number of hydrogen-bond donors (Lipinski definition) is 2. The second-order valence-corrected chi connectivity index (χ2v) is 14.9. The molecule has 2 atom stereocenters. The van der Waals surface area contributed by atoms with E-state index in [1.165, 1.54) is 14.2 Å². The molecule has 10 rings (SSSR count). The SMILES string of the molecule is COC(=O)C1(C(=O)OC)[C@@H]2c3nc(c(-c4ccccc4)c4nc(c(-c5ccccc5)c5[nH]c(cc5[N+](=O)[O-])c(-c5ccccc5)c5ccc([nH]5)c3-c3ccccc3)C=C4)[C@@H]21. The number of benzene rings is 4. The van der Waals surface area contributed by atoms with Gasteiger partial charge in [0.2, 0.25) is 0 Å². The Morgan fingerprint density at radius 1 is 0.567 bits per heavy atom. The Kier molecular flexibility index (Phi) is 8.60. The number of fused-ring (bicyclic) bond motifs is 11. The molecule has 1 fully saturated rings. The highest BCUT2D eigenvalue weighted by atomic mass is 16.6. The first-order chi connectivity index (χ1) is 29.3. The van der Waals surface area contributed by atoms with Crippen LogP contribution < -0.4 is 0 Å². The van der Waals surface area contributed by atoms with Crippen LogP contribution in [0.4, 0.5) is 5.69 Å². The van der Waals surface area contributed by atoms with Gasteiger partial charge in [-0.05, 0) is 46.5 Å². The molecule has 2 aliphatic heterocycles. The smallest absolute Gasteiger partial charge is 0.324 e. The summed E-state index contributed by atoms with van der Waals surface area (Å²) in [5.74, 6) is -2.97. The molecule has 0 amide bonds. The van der Waals surface area contributed by atoms with Gasteiger partial charge < -0.3 is 19.4 Å². The van der Waals surface area contributed by atoms with Crippen LogP contribution >= 0.6 is 0 Å². The number of ether oxygens (including phenoxy) is 2. The number of hydrogen-bond acceptors (Lipinski definition) is 8. The van der Waals surface area contributed by atoms with E-state index in [-0.39, 0.29) is 16.1 Å². The van der Waals surface area contributed by atoms with Gasteiger partial charge in [0.05, 0.1) is 47.4 Å².